The summed E-state index contributed by atoms with van der Waals surface area (Å²) in [5.41, 5.74) is 0. The third-order valence-electron chi connectivity index (χ3n) is 14.0. The lowest BCUT2D eigenvalue weighted by atomic mass is 10.0. The maximum Gasteiger partial charge on any atom is 0.306 e. The summed E-state index contributed by atoms with van der Waals surface area (Å²) >= 11 is 0. The first-order valence-corrected chi connectivity index (χ1v) is 32.7. The van der Waals surface area contributed by atoms with Crippen LogP contribution in [0.15, 0.2) is 97.2 Å². The number of esters is 3. The van der Waals surface area contributed by atoms with Crippen LogP contribution in [0.3, 0.4) is 0 Å². The molecule has 0 saturated heterocycles. The van der Waals surface area contributed by atoms with Crippen molar-refractivity contribution in [2.24, 2.45) is 0 Å². The van der Waals surface area contributed by atoms with Gasteiger partial charge in [0.25, 0.3) is 0 Å². The van der Waals surface area contributed by atoms with Gasteiger partial charge in [-0.25, -0.2) is 0 Å². The summed E-state index contributed by atoms with van der Waals surface area (Å²) in [5, 5.41) is 0. The summed E-state index contributed by atoms with van der Waals surface area (Å²) in [7, 11) is 0. The fraction of sp³-hybridized carbons (Fsp3) is 0.732. The van der Waals surface area contributed by atoms with Crippen molar-refractivity contribution in [3.8, 4) is 0 Å². The van der Waals surface area contributed by atoms with E-state index in [1.165, 1.54) is 173 Å². The molecule has 0 aliphatic rings. The first-order valence-electron chi connectivity index (χ1n) is 32.7. The van der Waals surface area contributed by atoms with Gasteiger partial charge in [-0.3, -0.25) is 14.4 Å². The lowest BCUT2D eigenvalue weighted by Crippen LogP contribution is -2.30. The average Bonchev–Trinajstić information content (AvgIpc) is 3.43. The van der Waals surface area contributed by atoms with Crippen LogP contribution in [-0.4, -0.2) is 37.2 Å². The standard InChI is InChI=1S/C71H122O6/c1-4-7-10-13-16-19-22-24-26-28-30-32-34-35-37-38-40-42-44-46-49-52-55-58-61-64-70(73)76-67-68(66-75-69(72)63-60-57-54-51-48-21-18-15-12-9-6-3)77-71(74)65-62-59-56-53-50-47-45-43-41-39-36-33-31-29-27-25-23-20-17-14-11-8-5-2/h8,11,15,17-18,20,22,24-25,27-28,30-31,33-35,68H,4-7,9-10,12-14,16,19,21,23,26,29,32,36-67H2,1-3H3/b11-8-,18-15-,20-17-,24-22-,27-25-,30-28-,33-31-,35-34-. The van der Waals surface area contributed by atoms with Gasteiger partial charge in [-0.15, -0.1) is 0 Å². The van der Waals surface area contributed by atoms with Crippen LogP contribution in [0.25, 0.3) is 0 Å². The molecule has 0 aromatic rings. The number of hydrogen-bond donors (Lipinski definition) is 0. The minimum absolute atomic E-state index is 0.0831. The maximum absolute atomic E-state index is 12.9. The van der Waals surface area contributed by atoms with Gasteiger partial charge in [0.2, 0.25) is 0 Å². The quantitative estimate of drug-likeness (QED) is 0.0261. The third kappa shape index (κ3) is 63.0. The van der Waals surface area contributed by atoms with Crippen LogP contribution in [0.2, 0.25) is 0 Å². The van der Waals surface area contributed by atoms with Crippen LogP contribution in [0.4, 0.5) is 0 Å². The smallest absolute Gasteiger partial charge is 0.306 e. The zero-order valence-corrected chi connectivity index (χ0v) is 50.7. The average molecular weight is 1070 g/mol. The fourth-order valence-corrected chi connectivity index (χ4v) is 9.13. The number of allylic oxidation sites excluding steroid dienone is 16. The Morgan fingerprint density at radius 1 is 0.273 bits per heavy atom. The first-order chi connectivity index (χ1) is 38.0. The zero-order chi connectivity index (χ0) is 55.7. The zero-order valence-electron chi connectivity index (χ0n) is 50.7. The summed E-state index contributed by atoms with van der Waals surface area (Å²) in [6.07, 6.45) is 87.0. The second-order valence-corrected chi connectivity index (χ2v) is 21.6. The number of rotatable bonds is 59. The highest BCUT2D eigenvalue weighted by atomic mass is 16.6. The van der Waals surface area contributed by atoms with Crippen LogP contribution in [0.1, 0.15) is 316 Å². The van der Waals surface area contributed by atoms with Crippen LogP contribution in [-0.2, 0) is 28.6 Å². The Bertz CT molecular complexity index is 1510. The number of carbonyl (C=O) groups excluding carboxylic acids is 3. The summed E-state index contributed by atoms with van der Waals surface area (Å²) < 4.78 is 16.9. The van der Waals surface area contributed by atoms with E-state index in [9.17, 15) is 14.4 Å². The van der Waals surface area contributed by atoms with E-state index in [1.54, 1.807) is 0 Å². The van der Waals surface area contributed by atoms with Gasteiger partial charge >= 0.3 is 17.9 Å². The summed E-state index contributed by atoms with van der Waals surface area (Å²) in [6.45, 7) is 6.49. The van der Waals surface area contributed by atoms with Crippen molar-refractivity contribution in [3.05, 3.63) is 97.2 Å². The molecule has 0 aromatic carbocycles. The Morgan fingerprint density at radius 3 is 0.844 bits per heavy atom. The Hall–Kier alpha value is -3.67. The predicted molar refractivity (Wildman–Crippen MR) is 334 cm³/mol. The molecular weight excluding hydrogens is 949 g/mol. The van der Waals surface area contributed by atoms with Crippen LogP contribution < -0.4 is 0 Å². The van der Waals surface area contributed by atoms with E-state index in [2.05, 4.69) is 118 Å². The molecule has 0 saturated carbocycles. The minimum atomic E-state index is -0.786. The molecule has 0 rings (SSSR count). The topological polar surface area (TPSA) is 78.9 Å². The number of ether oxygens (including phenoxy) is 3. The van der Waals surface area contributed by atoms with Crippen molar-refractivity contribution < 1.29 is 28.6 Å². The number of carbonyl (C=O) groups is 3. The van der Waals surface area contributed by atoms with Crippen molar-refractivity contribution >= 4 is 17.9 Å². The highest BCUT2D eigenvalue weighted by molar-refractivity contribution is 5.71. The van der Waals surface area contributed by atoms with Crippen LogP contribution in [0, 0.1) is 0 Å². The second-order valence-electron chi connectivity index (χ2n) is 21.6. The Kier molecular flexibility index (Phi) is 61.8. The van der Waals surface area contributed by atoms with Gasteiger partial charge in [-0.1, -0.05) is 279 Å². The lowest BCUT2D eigenvalue weighted by Gasteiger charge is -2.18. The van der Waals surface area contributed by atoms with E-state index in [0.29, 0.717) is 19.3 Å². The van der Waals surface area contributed by atoms with Crippen molar-refractivity contribution in [1.29, 1.82) is 0 Å². The third-order valence-corrected chi connectivity index (χ3v) is 14.0. The molecule has 0 aliphatic carbocycles. The van der Waals surface area contributed by atoms with E-state index in [1.807, 2.05) is 0 Å². The molecule has 0 amide bonds. The molecule has 0 fully saturated rings. The van der Waals surface area contributed by atoms with Gasteiger partial charge in [0, 0.05) is 19.3 Å². The molecule has 0 bridgehead atoms. The number of hydrogen-bond acceptors (Lipinski definition) is 6. The summed E-state index contributed by atoms with van der Waals surface area (Å²) in [6, 6.07) is 0. The van der Waals surface area contributed by atoms with Gasteiger partial charge in [0.15, 0.2) is 6.10 Å². The summed E-state index contributed by atoms with van der Waals surface area (Å²) in [4.78, 5) is 38.3. The van der Waals surface area contributed by atoms with Crippen molar-refractivity contribution in [2.45, 2.75) is 322 Å². The van der Waals surface area contributed by atoms with Gasteiger partial charge in [-0.2, -0.15) is 0 Å². The summed E-state index contributed by atoms with van der Waals surface area (Å²) in [5.74, 6) is -0.892. The molecule has 0 spiro atoms. The second kappa shape index (κ2) is 64.9. The molecule has 6 nitrogen and oxygen atoms in total. The van der Waals surface area contributed by atoms with Crippen molar-refractivity contribution in [1.82, 2.24) is 0 Å². The Labute approximate surface area is 477 Å². The van der Waals surface area contributed by atoms with E-state index < -0.39 is 6.10 Å². The van der Waals surface area contributed by atoms with E-state index in [4.69, 9.17) is 14.2 Å². The minimum Gasteiger partial charge on any atom is -0.462 e. The normalized spacial score (nSPS) is 12.7. The first kappa shape index (κ1) is 73.3. The molecule has 0 aliphatic heterocycles. The van der Waals surface area contributed by atoms with E-state index in [-0.39, 0.29) is 31.1 Å². The maximum atomic E-state index is 12.9. The highest BCUT2D eigenvalue weighted by Crippen LogP contribution is 2.16. The van der Waals surface area contributed by atoms with Gasteiger partial charge < -0.3 is 14.2 Å². The Morgan fingerprint density at radius 2 is 0.519 bits per heavy atom. The molecule has 0 heterocycles. The van der Waals surface area contributed by atoms with E-state index >= 15 is 0 Å². The van der Waals surface area contributed by atoms with Crippen molar-refractivity contribution in [3.63, 3.8) is 0 Å². The predicted octanol–water partition coefficient (Wildman–Crippen LogP) is 22.4. The molecule has 1 atom stereocenters. The molecule has 1 unspecified atom stereocenters. The van der Waals surface area contributed by atoms with Crippen molar-refractivity contribution in [2.75, 3.05) is 13.2 Å². The Balaban J connectivity index is 4.29. The van der Waals surface area contributed by atoms with Gasteiger partial charge in [-0.05, 0) is 116 Å². The lowest BCUT2D eigenvalue weighted by molar-refractivity contribution is -0.167. The molecule has 442 valence electrons. The molecule has 77 heavy (non-hydrogen) atoms. The monoisotopic (exact) mass is 1070 g/mol. The molecule has 0 aromatic heterocycles. The highest BCUT2D eigenvalue weighted by Gasteiger charge is 2.19. The largest absolute Gasteiger partial charge is 0.462 e. The molecular formula is C71H122O6. The number of unbranched alkanes of at least 4 members (excludes halogenated alkanes) is 32. The van der Waals surface area contributed by atoms with Gasteiger partial charge in [0.1, 0.15) is 13.2 Å². The van der Waals surface area contributed by atoms with Gasteiger partial charge in [0.05, 0.1) is 0 Å². The van der Waals surface area contributed by atoms with E-state index in [0.717, 1.165) is 103 Å². The van der Waals surface area contributed by atoms with Crippen LogP contribution >= 0.6 is 0 Å². The SMILES string of the molecule is CC/C=C\C/C=C\C/C=C\C/C=C\CCCCCCCCCCCCC(=O)OC(COC(=O)CCCCCCC/C=C\CCCC)COC(=O)CCCCCCCCCCCC/C=C\C/C=C\C/C=C\CCCCCCC. The van der Waals surface area contributed by atoms with Crippen LogP contribution in [0.5, 0.6) is 0 Å². The molecule has 0 radical (unpaired) electrons. The molecule has 0 N–H and O–H groups in total. The fourth-order valence-electron chi connectivity index (χ4n) is 9.13. The molecule has 6 heteroatoms.